The van der Waals surface area contributed by atoms with Gasteiger partial charge < -0.3 is 0 Å². The Balaban J connectivity index is 1.37. The molecule has 0 fully saturated rings. The smallest absolute Gasteiger partial charge is 0.108 e. The van der Waals surface area contributed by atoms with Crippen LogP contribution in [0.2, 0.25) is 0 Å². The van der Waals surface area contributed by atoms with Gasteiger partial charge in [0.15, 0.2) is 0 Å². The van der Waals surface area contributed by atoms with Gasteiger partial charge in [-0.2, -0.15) is 0 Å². The van der Waals surface area contributed by atoms with Gasteiger partial charge in [0.25, 0.3) is 0 Å². The van der Waals surface area contributed by atoms with Gasteiger partial charge in [-0.3, -0.25) is 4.98 Å². The minimum absolute atomic E-state index is 0.837. The van der Waals surface area contributed by atoms with Gasteiger partial charge in [0.2, 0.25) is 0 Å². The van der Waals surface area contributed by atoms with Crippen LogP contribution in [0.25, 0.3) is 33.3 Å². The molecule has 0 aliphatic carbocycles. The Labute approximate surface area is 217 Å². The van der Waals surface area contributed by atoms with Gasteiger partial charge in [-0.15, -0.1) is 0 Å². The fourth-order valence-corrected chi connectivity index (χ4v) is 5.03. The summed E-state index contributed by atoms with van der Waals surface area (Å²) in [7, 11) is 0. The molecule has 2 aromatic carbocycles. The van der Waals surface area contributed by atoms with E-state index in [4.69, 9.17) is 15.0 Å². The van der Waals surface area contributed by atoms with E-state index in [0.717, 1.165) is 40.8 Å². The van der Waals surface area contributed by atoms with Gasteiger partial charge in [0.1, 0.15) is 5.69 Å². The highest BCUT2D eigenvalue weighted by Crippen LogP contribution is 2.23. The molecule has 36 heavy (non-hydrogen) atoms. The molecule has 0 radical (unpaired) electrons. The standard InChI is InChI=1S/C33H43N3/c1-3-5-7-9-11-13-15-26-17-20-29-28(23-26)19-22-31(35-29)33-25-34-32-24-27(18-21-30(32)36-33)16-14-12-10-8-6-4-2/h17-25H,3-16H2,1-2H3. The second kappa shape index (κ2) is 14.1. The first-order valence-corrected chi connectivity index (χ1v) is 14.4. The molecule has 0 spiro atoms. The Kier molecular flexibility index (Phi) is 10.3. The zero-order valence-electron chi connectivity index (χ0n) is 22.4. The first kappa shape index (κ1) is 26.3. The van der Waals surface area contributed by atoms with E-state index in [1.165, 1.54) is 93.6 Å². The maximum atomic E-state index is 4.91. The van der Waals surface area contributed by atoms with Crippen LogP contribution in [-0.2, 0) is 12.8 Å². The average Bonchev–Trinajstić information content (AvgIpc) is 2.92. The summed E-state index contributed by atoms with van der Waals surface area (Å²) in [5.74, 6) is 0. The lowest BCUT2D eigenvalue weighted by molar-refractivity contribution is 0.607. The predicted molar refractivity (Wildman–Crippen MR) is 154 cm³/mol. The summed E-state index contributed by atoms with van der Waals surface area (Å²) in [6, 6.07) is 17.5. The van der Waals surface area contributed by atoms with E-state index < -0.39 is 0 Å². The molecule has 3 heteroatoms. The van der Waals surface area contributed by atoms with E-state index in [1.54, 1.807) is 0 Å². The maximum absolute atomic E-state index is 4.91. The lowest BCUT2D eigenvalue weighted by Crippen LogP contribution is -1.94. The number of rotatable bonds is 15. The summed E-state index contributed by atoms with van der Waals surface area (Å²) in [5.41, 5.74) is 7.43. The van der Waals surface area contributed by atoms with Gasteiger partial charge >= 0.3 is 0 Å². The molecule has 4 rings (SSSR count). The van der Waals surface area contributed by atoms with Crippen LogP contribution in [0, 0.1) is 0 Å². The highest BCUT2D eigenvalue weighted by molar-refractivity contribution is 5.83. The van der Waals surface area contributed by atoms with Crippen LogP contribution >= 0.6 is 0 Å². The number of hydrogen-bond donors (Lipinski definition) is 0. The van der Waals surface area contributed by atoms with Crippen LogP contribution in [0.15, 0.2) is 54.7 Å². The van der Waals surface area contributed by atoms with E-state index in [2.05, 4.69) is 62.4 Å². The Morgan fingerprint density at radius 2 is 1.08 bits per heavy atom. The molecule has 3 nitrogen and oxygen atoms in total. The van der Waals surface area contributed by atoms with Crippen molar-refractivity contribution in [1.82, 2.24) is 15.0 Å². The zero-order valence-corrected chi connectivity index (χ0v) is 22.4. The largest absolute Gasteiger partial charge is 0.252 e. The normalized spacial score (nSPS) is 11.5. The lowest BCUT2D eigenvalue weighted by atomic mass is 10.0. The van der Waals surface area contributed by atoms with E-state index in [-0.39, 0.29) is 0 Å². The van der Waals surface area contributed by atoms with Crippen LogP contribution in [0.3, 0.4) is 0 Å². The molecule has 2 aromatic heterocycles. The molecule has 0 atom stereocenters. The van der Waals surface area contributed by atoms with Gasteiger partial charge in [0.05, 0.1) is 28.4 Å². The van der Waals surface area contributed by atoms with Crippen molar-refractivity contribution < 1.29 is 0 Å². The minimum atomic E-state index is 0.837. The summed E-state index contributed by atoms with van der Waals surface area (Å²) < 4.78 is 0. The van der Waals surface area contributed by atoms with Crippen molar-refractivity contribution in [1.29, 1.82) is 0 Å². The van der Waals surface area contributed by atoms with Crippen molar-refractivity contribution in [3.8, 4) is 11.4 Å². The second-order valence-corrected chi connectivity index (χ2v) is 10.3. The summed E-state index contributed by atoms with van der Waals surface area (Å²) in [5, 5.41) is 1.20. The Morgan fingerprint density at radius 1 is 0.500 bits per heavy atom. The van der Waals surface area contributed by atoms with Gasteiger partial charge in [-0.05, 0) is 67.1 Å². The number of nitrogens with zero attached hydrogens (tertiary/aromatic N) is 3. The molecule has 4 aromatic rings. The van der Waals surface area contributed by atoms with Crippen molar-refractivity contribution in [2.75, 3.05) is 0 Å². The number of benzene rings is 2. The predicted octanol–water partition coefficient (Wildman–Crippen LogP) is 9.65. The topological polar surface area (TPSA) is 38.7 Å². The highest BCUT2D eigenvalue weighted by Gasteiger charge is 2.07. The SMILES string of the molecule is CCCCCCCCc1ccc2nc(-c3cnc4cc(CCCCCCCC)ccc4n3)ccc2c1. The third-order valence-electron chi connectivity index (χ3n) is 7.26. The van der Waals surface area contributed by atoms with E-state index >= 15 is 0 Å². The van der Waals surface area contributed by atoms with E-state index in [1.807, 2.05) is 6.20 Å². The molecule has 2 heterocycles. The number of aromatic nitrogens is 3. The van der Waals surface area contributed by atoms with E-state index in [9.17, 15) is 0 Å². The third kappa shape index (κ3) is 7.59. The molecule has 0 bridgehead atoms. The molecule has 0 aliphatic rings. The van der Waals surface area contributed by atoms with Crippen LogP contribution in [0.4, 0.5) is 0 Å². The van der Waals surface area contributed by atoms with Crippen LogP contribution in [0.1, 0.15) is 102 Å². The van der Waals surface area contributed by atoms with Crippen molar-refractivity contribution in [2.45, 2.75) is 104 Å². The molecule has 0 saturated heterocycles. The fraction of sp³-hybridized carbons (Fsp3) is 0.485. The number of pyridine rings is 1. The Bertz CT molecular complexity index is 1130. The van der Waals surface area contributed by atoms with Crippen molar-refractivity contribution in [3.63, 3.8) is 0 Å². The molecular formula is C33H43N3. The van der Waals surface area contributed by atoms with E-state index in [0.29, 0.717) is 0 Å². The monoisotopic (exact) mass is 481 g/mol. The first-order chi connectivity index (χ1) is 17.8. The van der Waals surface area contributed by atoms with Gasteiger partial charge in [-0.25, -0.2) is 9.97 Å². The molecule has 0 aliphatic heterocycles. The third-order valence-corrected chi connectivity index (χ3v) is 7.26. The van der Waals surface area contributed by atoms with Crippen molar-refractivity contribution in [3.05, 3.63) is 65.9 Å². The van der Waals surface area contributed by atoms with Gasteiger partial charge in [-0.1, -0.05) is 96.3 Å². The number of hydrogen-bond acceptors (Lipinski definition) is 3. The summed E-state index contributed by atoms with van der Waals surface area (Å²) >= 11 is 0. The quantitative estimate of drug-likeness (QED) is 0.159. The number of aryl methyl sites for hydroxylation is 2. The summed E-state index contributed by atoms with van der Waals surface area (Å²) in [6.07, 6.45) is 20.1. The molecule has 0 unspecified atom stereocenters. The lowest BCUT2D eigenvalue weighted by Gasteiger charge is -2.07. The molecule has 190 valence electrons. The molecule has 0 saturated carbocycles. The fourth-order valence-electron chi connectivity index (χ4n) is 5.03. The highest BCUT2D eigenvalue weighted by atomic mass is 14.8. The zero-order chi connectivity index (χ0) is 25.0. The summed E-state index contributed by atoms with van der Waals surface area (Å²) in [6.45, 7) is 4.54. The minimum Gasteiger partial charge on any atom is -0.252 e. The molecular weight excluding hydrogens is 438 g/mol. The molecule has 0 N–H and O–H groups in total. The number of fused-ring (bicyclic) bond motifs is 2. The van der Waals surface area contributed by atoms with Crippen LogP contribution < -0.4 is 0 Å². The Hall–Kier alpha value is -2.81. The van der Waals surface area contributed by atoms with Gasteiger partial charge in [0, 0.05) is 5.39 Å². The van der Waals surface area contributed by atoms with Crippen molar-refractivity contribution >= 4 is 21.9 Å². The van der Waals surface area contributed by atoms with Crippen LogP contribution in [-0.4, -0.2) is 15.0 Å². The number of unbranched alkanes of at least 4 members (excludes halogenated alkanes) is 10. The molecule has 0 amide bonds. The summed E-state index contributed by atoms with van der Waals surface area (Å²) in [4.78, 5) is 14.5. The average molecular weight is 482 g/mol. The second-order valence-electron chi connectivity index (χ2n) is 10.3. The van der Waals surface area contributed by atoms with Crippen LogP contribution in [0.5, 0.6) is 0 Å². The van der Waals surface area contributed by atoms with Crippen molar-refractivity contribution in [2.24, 2.45) is 0 Å². The maximum Gasteiger partial charge on any atom is 0.108 e. The Morgan fingerprint density at radius 3 is 1.78 bits per heavy atom. The first-order valence-electron chi connectivity index (χ1n) is 14.4.